The van der Waals surface area contributed by atoms with E-state index in [2.05, 4.69) is 131 Å². The maximum absolute atomic E-state index is 2.28. The summed E-state index contributed by atoms with van der Waals surface area (Å²) in [6.45, 7) is 4.44. The Balaban J connectivity index is 2.25. The predicted molar refractivity (Wildman–Crippen MR) is 132 cm³/mol. The molecule has 1 aliphatic rings. The molecule has 0 bridgehead atoms. The highest BCUT2D eigenvalue weighted by Gasteiger charge is 2.18. The van der Waals surface area contributed by atoms with Gasteiger partial charge in [-0.2, -0.15) is 0 Å². The molecule has 0 heterocycles. The van der Waals surface area contributed by atoms with Crippen LogP contribution in [0.25, 0.3) is 5.57 Å². The number of nitrogens with zero attached hydrogens (tertiary/aromatic N) is 3. The Kier molecular flexibility index (Phi) is 6.31. The van der Waals surface area contributed by atoms with Gasteiger partial charge in [0.05, 0.1) is 0 Å². The minimum atomic E-state index is 1.21. The standard InChI is InChI=1S/C27H34N3/c1-19-17-25(30(7)8)18-20(2)26(19)27(21-9-13-23(14-10-21)28(3)4)22-11-15-24(16-12-22)29(5)6/h9-18H,1-8H3/q+1. The fraction of sp³-hybridized carbons (Fsp3) is 0.296. The van der Waals surface area contributed by atoms with E-state index < -0.39 is 0 Å². The van der Waals surface area contributed by atoms with Crippen molar-refractivity contribution in [2.75, 3.05) is 52.1 Å². The van der Waals surface area contributed by atoms with Gasteiger partial charge in [-0.25, -0.2) is 4.58 Å². The first-order valence-corrected chi connectivity index (χ1v) is 10.4. The minimum absolute atomic E-state index is 1.21. The summed E-state index contributed by atoms with van der Waals surface area (Å²) in [6.07, 6.45) is 8.87. The zero-order valence-corrected chi connectivity index (χ0v) is 19.6. The van der Waals surface area contributed by atoms with Crippen molar-refractivity contribution in [2.45, 2.75) is 13.8 Å². The van der Waals surface area contributed by atoms with Gasteiger partial charge in [-0.15, -0.1) is 0 Å². The van der Waals surface area contributed by atoms with Crippen molar-refractivity contribution in [3.05, 3.63) is 88.5 Å². The highest BCUT2D eigenvalue weighted by Crippen LogP contribution is 2.36. The molecule has 0 saturated carbocycles. The fourth-order valence-electron chi connectivity index (χ4n) is 3.90. The summed E-state index contributed by atoms with van der Waals surface area (Å²) in [5, 5.41) is 0. The third-order valence-corrected chi connectivity index (χ3v) is 5.63. The van der Waals surface area contributed by atoms with Crippen LogP contribution in [0.1, 0.15) is 22.3 Å². The Morgan fingerprint density at radius 3 is 1.63 bits per heavy atom. The monoisotopic (exact) mass is 400 g/mol. The van der Waals surface area contributed by atoms with Crippen molar-refractivity contribution >= 4 is 22.7 Å². The summed E-state index contributed by atoms with van der Waals surface area (Å²) in [4.78, 5) is 4.30. The second-order valence-electron chi connectivity index (χ2n) is 8.61. The second kappa shape index (κ2) is 8.74. The molecule has 0 aromatic heterocycles. The Morgan fingerprint density at radius 2 is 1.20 bits per heavy atom. The van der Waals surface area contributed by atoms with E-state index in [1.807, 2.05) is 0 Å². The van der Waals surface area contributed by atoms with E-state index in [-0.39, 0.29) is 0 Å². The van der Waals surface area contributed by atoms with E-state index >= 15 is 0 Å². The van der Waals surface area contributed by atoms with Crippen LogP contribution in [-0.2, 0) is 0 Å². The Morgan fingerprint density at radius 1 is 0.700 bits per heavy atom. The molecule has 3 heteroatoms. The Hall–Kier alpha value is -3.07. The van der Waals surface area contributed by atoms with Crippen LogP contribution in [-0.4, -0.2) is 52.6 Å². The van der Waals surface area contributed by atoms with E-state index in [1.54, 1.807) is 0 Å². The van der Waals surface area contributed by atoms with Crippen LogP contribution >= 0.6 is 0 Å². The number of allylic oxidation sites excluding steroid dienone is 5. The normalized spacial score (nSPS) is 12.9. The van der Waals surface area contributed by atoms with Gasteiger partial charge in [0.25, 0.3) is 0 Å². The molecule has 0 spiro atoms. The molecule has 2 aromatic rings. The molecule has 2 aromatic carbocycles. The van der Waals surface area contributed by atoms with Gasteiger partial charge >= 0.3 is 0 Å². The molecule has 0 fully saturated rings. The molecule has 0 radical (unpaired) electrons. The minimum Gasteiger partial charge on any atom is -0.378 e. The van der Waals surface area contributed by atoms with Crippen molar-refractivity contribution in [1.82, 2.24) is 0 Å². The number of aryl methyl sites for hydroxylation is 2. The van der Waals surface area contributed by atoms with Crippen LogP contribution in [0.3, 0.4) is 0 Å². The van der Waals surface area contributed by atoms with Crippen molar-refractivity contribution < 1.29 is 4.58 Å². The number of rotatable bonds is 4. The summed E-state index contributed by atoms with van der Waals surface area (Å²) < 4.78 is 2.14. The van der Waals surface area contributed by atoms with Gasteiger partial charge in [0.15, 0.2) is 5.71 Å². The van der Waals surface area contributed by atoms with Crippen molar-refractivity contribution in [3.8, 4) is 0 Å². The molecule has 0 amide bonds. The first-order chi connectivity index (χ1) is 14.2. The zero-order valence-electron chi connectivity index (χ0n) is 19.6. The van der Waals surface area contributed by atoms with Crippen LogP contribution in [0, 0.1) is 13.8 Å². The largest absolute Gasteiger partial charge is 0.378 e. The molecule has 0 aliphatic heterocycles. The van der Waals surface area contributed by atoms with E-state index in [4.69, 9.17) is 0 Å². The molecular formula is C27H34N3+. The van der Waals surface area contributed by atoms with E-state index in [0.29, 0.717) is 0 Å². The van der Waals surface area contributed by atoms with Crippen molar-refractivity contribution in [3.63, 3.8) is 0 Å². The van der Waals surface area contributed by atoms with Crippen molar-refractivity contribution in [2.24, 2.45) is 0 Å². The van der Waals surface area contributed by atoms with Gasteiger partial charge < -0.3 is 9.80 Å². The molecule has 0 atom stereocenters. The lowest BCUT2D eigenvalue weighted by Gasteiger charge is -2.22. The summed E-state index contributed by atoms with van der Waals surface area (Å²) in [6, 6.07) is 13.4. The van der Waals surface area contributed by atoms with Crippen LogP contribution in [0.15, 0.2) is 66.3 Å². The van der Waals surface area contributed by atoms with E-state index in [1.165, 1.54) is 50.5 Å². The number of hydrogen-bond acceptors (Lipinski definition) is 2. The summed E-state index contributed by atoms with van der Waals surface area (Å²) >= 11 is 0. The van der Waals surface area contributed by atoms with E-state index in [9.17, 15) is 0 Å². The van der Waals surface area contributed by atoms with Crippen LogP contribution in [0.5, 0.6) is 0 Å². The molecular weight excluding hydrogens is 366 g/mol. The third-order valence-electron chi connectivity index (χ3n) is 5.63. The van der Waals surface area contributed by atoms with E-state index in [0.717, 1.165) is 0 Å². The Labute approximate surface area is 182 Å². The van der Waals surface area contributed by atoms with Gasteiger partial charge in [-0.05, 0) is 83.7 Å². The quantitative estimate of drug-likeness (QED) is 0.662. The maximum atomic E-state index is 2.28. The molecule has 30 heavy (non-hydrogen) atoms. The predicted octanol–water partition coefficient (Wildman–Crippen LogP) is 5.08. The third kappa shape index (κ3) is 4.40. The smallest absolute Gasteiger partial charge is 0.199 e. The average molecular weight is 401 g/mol. The van der Waals surface area contributed by atoms with Gasteiger partial charge in [-0.3, -0.25) is 0 Å². The topological polar surface area (TPSA) is 9.49 Å². The molecule has 1 aliphatic carbocycles. The SMILES string of the molecule is Cc1cc(N(C)C)cc(C)c1C(=C1C=CC(=[N+](C)C)C=C1)c1ccc(N(C)C)cc1. The maximum Gasteiger partial charge on any atom is 0.199 e. The second-order valence-corrected chi connectivity index (χ2v) is 8.61. The number of anilines is 2. The summed E-state index contributed by atoms with van der Waals surface area (Å²) in [5.41, 5.74) is 11.3. The molecule has 3 nitrogen and oxygen atoms in total. The first-order valence-electron chi connectivity index (χ1n) is 10.4. The lowest BCUT2D eigenvalue weighted by atomic mass is 9.85. The molecule has 3 rings (SSSR count). The summed E-state index contributed by atoms with van der Waals surface area (Å²) in [5.74, 6) is 0. The average Bonchev–Trinajstić information content (AvgIpc) is 2.70. The molecule has 0 N–H and O–H groups in total. The Bertz CT molecular complexity index is 1020. The van der Waals surface area contributed by atoms with Crippen LogP contribution in [0.2, 0.25) is 0 Å². The number of benzene rings is 2. The first kappa shape index (κ1) is 21.6. The molecule has 0 unspecified atom stereocenters. The van der Waals surface area contributed by atoms with Crippen molar-refractivity contribution in [1.29, 1.82) is 0 Å². The summed E-state index contributed by atoms with van der Waals surface area (Å²) in [7, 11) is 12.5. The lowest BCUT2D eigenvalue weighted by molar-refractivity contribution is -0.462. The molecule has 156 valence electrons. The lowest BCUT2D eigenvalue weighted by Crippen LogP contribution is -2.11. The zero-order chi connectivity index (χ0) is 22.0. The van der Waals surface area contributed by atoms with Crippen LogP contribution in [0.4, 0.5) is 11.4 Å². The highest BCUT2D eigenvalue weighted by atomic mass is 15.1. The van der Waals surface area contributed by atoms with Crippen LogP contribution < -0.4 is 9.80 Å². The van der Waals surface area contributed by atoms with Gasteiger partial charge in [0, 0.05) is 51.7 Å². The molecule has 0 saturated heterocycles. The number of hydrogen-bond donors (Lipinski definition) is 0. The highest BCUT2D eigenvalue weighted by molar-refractivity contribution is 6.04. The van der Waals surface area contributed by atoms with Gasteiger partial charge in [0.1, 0.15) is 14.1 Å². The fourth-order valence-corrected chi connectivity index (χ4v) is 3.90. The van der Waals surface area contributed by atoms with Gasteiger partial charge in [0.2, 0.25) is 0 Å². The van der Waals surface area contributed by atoms with Gasteiger partial charge in [-0.1, -0.05) is 12.1 Å².